The molecule has 1 aromatic heterocycles. The lowest BCUT2D eigenvalue weighted by Crippen LogP contribution is -2.28. The van der Waals surface area contributed by atoms with Crippen molar-refractivity contribution in [1.29, 1.82) is 0 Å². The molecule has 1 N–H and O–H groups in total. The number of hydrogen-bond donors (Lipinski definition) is 1. The normalized spacial score (nSPS) is 11.7. The highest BCUT2D eigenvalue weighted by Crippen LogP contribution is 2.28. The first-order valence-corrected chi connectivity index (χ1v) is 8.81. The molecule has 0 saturated carbocycles. The van der Waals surface area contributed by atoms with Crippen molar-refractivity contribution in [3.63, 3.8) is 0 Å². The van der Waals surface area contributed by atoms with E-state index in [0.717, 1.165) is 10.4 Å². The van der Waals surface area contributed by atoms with E-state index in [1.54, 1.807) is 30.3 Å². The number of hydrogen-bond acceptors (Lipinski definition) is 4. The van der Waals surface area contributed by atoms with Gasteiger partial charge in [0, 0.05) is 16.5 Å². The minimum atomic E-state index is -0.375. The molecule has 134 valence electrons. The third-order valence-corrected chi connectivity index (χ3v) is 4.86. The summed E-state index contributed by atoms with van der Waals surface area (Å²) in [6, 6.07) is 14.6. The zero-order chi connectivity index (χ0) is 18.5. The molecule has 1 atom stereocenters. The standard InChI is InChI=1S/C20H18FNO3S/c1-24-16-10-14(11-17(12-16)25-2)20(23)22-19(18-4-3-9-26-18)13-5-7-15(21)8-6-13/h3-12,19H,1-2H3,(H,22,23)/t19-/m1/s1. The number of ether oxygens (including phenoxy) is 2. The van der Waals surface area contributed by atoms with Crippen LogP contribution in [-0.2, 0) is 0 Å². The Bertz CT molecular complexity index is 856. The van der Waals surface area contributed by atoms with Gasteiger partial charge in [-0.2, -0.15) is 0 Å². The Kier molecular flexibility index (Phi) is 5.53. The number of carbonyl (C=O) groups is 1. The molecule has 0 aliphatic rings. The first-order valence-electron chi connectivity index (χ1n) is 7.93. The van der Waals surface area contributed by atoms with E-state index in [0.29, 0.717) is 17.1 Å². The van der Waals surface area contributed by atoms with Crippen molar-refractivity contribution < 1.29 is 18.7 Å². The van der Waals surface area contributed by atoms with Gasteiger partial charge in [-0.25, -0.2) is 4.39 Å². The van der Waals surface area contributed by atoms with Crippen molar-refractivity contribution in [2.75, 3.05) is 14.2 Å². The summed E-state index contributed by atoms with van der Waals surface area (Å²) >= 11 is 1.52. The van der Waals surface area contributed by atoms with Crippen molar-refractivity contribution in [2.24, 2.45) is 0 Å². The van der Waals surface area contributed by atoms with Crippen LogP contribution in [-0.4, -0.2) is 20.1 Å². The molecule has 0 aliphatic heterocycles. The number of benzene rings is 2. The van der Waals surface area contributed by atoms with Crippen LogP contribution in [0.15, 0.2) is 60.0 Å². The summed E-state index contributed by atoms with van der Waals surface area (Å²) in [7, 11) is 3.06. The highest BCUT2D eigenvalue weighted by atomic mass is 32.1. The van der Waals surface area contributed by atoms with E-state index >= 15 is 0 Å². The first kappa shape index (κ1) is 17.9. The van der Waals surface area contributed by atoms with Crippen LogP contribution in [0.5, 0.6) is 11.5 Å². The van der Waals surface area contributed by atoms with Gasteiger partial charge in [0.05, 0.1) is 20.3 Å². The maximum absolute atomic E-state index is 13.3. The first-order chi connectivity index (χ1) is 12.6. The Hall–Kier alpha value is -2.86. The number of amides is 1. The topological polar surface area (TPSA) is 47.6 Å². The summed E-state index contributed by atoms with van der Waals surface area (Å²) in [5.41, 5.74) is 1.22. The Morgan fingerprint density at radius 3 is 2.23 bits per heavy atom. The van der Waals surface area contributed by atoms with Crippen LogP contribution < -0.4 is 14.8 Å². The van der Waals surface area contributed by atoms with Gasteiger partial charge in [-0.15, -0.1) is 11.3 Å². The Balaban J connectivity index is 1.92. The van der Waals surface area contributed by atoms with E-state index in [9.17, 15) is 9.18 Å². The predicted octanol–water partition coefficient (Wildman–Crippen LogP) is 4.42. The average molecular weight is 371 g/mol. The minimum absolute atomic E-state index is 0.273. The molecular formula is C20H18FNO3S. The van der Waals surface area contributed by atoms with Gasteiger partial charge in [-0.3, -0.25) is 4.79 Å². The zero-order valence-electron chi connectivity index (χ0n) is 14.4. The fraction of sp³-hybridized carbons (Fsp3) is 0.150. The SMILES string of the molecule is COc1cc(OC)cc(C(=O)N[C@H](c2ccc(F)cc2)c2cccs2)c1. The molecule has 3 aromatic rings. The second-order valence-corrected chi connectivity index (χ2v) is 6.55. The van der Waals surface area contributed by atoms with E-state index in [1.165, 1.54) is 37.7 Å². The fourth-order valence-electron chi connectivity index (χ4n) is 2.58. The molecule has 26 heavy (non-hydrogen) atoms. The van der Waals surface area contributed by atoms with E-state index < -0.39 is 0 Å². The number of rotatable bonds is 6. The molecule has 2 aromatic carbocycles. The molecule has 6 heteroatoms. The van der Waals surface area contributed by atoms with E-state index in [2.05, 4.69) is 5.32 Å². The molecule has 0 spiro atoms. The lowest BCUT2D eigenvalue weighted by Gasteiger charge is -2.19. The number of carbonyl (C=O) groups excluding carboxylic acids is 1. The third kappa shape index (κ3) is 4.03. The van der Waals surface area contributed by atoms with Gasteiger partial charge in [-0.1, -0.05) is 18.2 Å². The molecule has 0 unspecified atom stereocenters. The number of nitrogens with one attached hydrogen (secondary N) is 1. The highest BCUT2D eigenvalue weighted by Gasteiger charge is 2.20. The van der Waals surface area contributed by atoms with Crippen molar-refractivity contribution in [2.45, 2.75) is 6.04 Å². The van der Waals surface area contributed by atoms with Crippen LogP contribution in [0, 0.1) is 5.82 Å². The Labute approximate surface area is 155 Å². The monoisotopic (exact) mass is 371 g/mol. The molecule has 1 amide bonds. The van der Waals surface area contributed by atoms with Crippen LogP contribution in [0.1, 0.15) is 26.8 Å². The van der Waals surface area contributed by atoms with Crippen LogP contribution in [0.4, 0.5) is 4.39 Å². The quantitative estimate of drug-likeness (QED) is 0.698. The van der Waals surface area contributed by atoms with E-state index in [4.69, 9.17) is 9.47 Å². The Morgan fingerprint density at radius 1 is 1.04 bits per heavy atom. The number of methoxy groups -OCH3 is 2. The Morgan fingerprint density at radius 2 is 1.69 bits per heavy atom. The van der Waals surface area contributed by atoms with Crippen LogP contribution in [0.2, 0.25) is 0 Å². The number of thiophene rings is 1. The minimum Gasteiger partial charge on any atom is -0.497 e. The molecule has 0 aliphatic carbocycles. The van der Waals surface area contributed by atoms with Crippen LogP contribution in [0.25, 0.3) is 0 Å². The van der Waals surface area contributed by atoms with Crippen molar-refractivity contribution in [3.8, 4) is 11.5 Å². The van der Waals surface area contributed by atoms with Gasteiger partial charge < -0.3 is 14.8 Å². The maximum atomic E-state index is 13.3. The van der Waals surface area contributed by atoms with E-state index in [1.807, 2.05) is 17.5 Å². The third-order valence-electron chi connectivity index (χ3n) is 3.92. The summed E-state index contributed by atoms with van der Waals surface area (Å²) < 4.78 is 23.7. The van der Waals surface area contributed by atoms with Gasteiger partial charge in [0.15, 0.2) is 0 Å². The second kappa shape index (κ2) is 8.01. The van der Waals surface area contributed by atoms with Crippen molar-refractivity contribution in [3.05, 3.63) is 81.8 Å². The maximum Gasteiger partial charge on any atom is 0.252 e. The molecule has 0 radical (unpaired) electrons. The molecule has 1 heterocycles. The van der Waals surface area contributed by atoms with Crippen LogP contribution >= 0.6 is 11.3 Å². The predicted molar refractivity (Wildman–Crippen MR) is 99.6 cm³/mol. The average Bonchev–Trinajstić information content (AvgIpc) is 3.20. The van der Waals surface area contributed by atoms with Gasteiger partial charge in [0.1, 0.15) is 17.3 Å². The summed E-state index contributed by atoms with van der Waals surface area (Å²) in [6.07, 6.45) is 0. The van der Waals surface area contributed by atoms with Crippen LogP contribution in [0.3, 0.4) is 0 Å². The second-order valence-electron chi connectivity index (χ2n) is 5.57. The van der Waals surface area contributed by atoms with Gasteiger partial charge in [-0.05, 0) is 41.3 Å². The summed E-state index contributed by atoms with van der Waals surface area (Å²) in [5, 5.41) is 4.95. The van der Waals surface area contributed by atoms with E-state index in [-0.39, 0.29) is 17.8 Å². The number of halogens is 1. The fourth-order valence-corrected chi connectivity index (χ4v) is 3.38. The summed E-state index contributed by atoms with van der Waals surface area (Å²) in [5.74, 6) is 0.473. The van der Waals surface area contributed by atoms with Gasteiger partial charge in [0.25, 0.3) is 5.91 Å². The van der Waals surface area contributed by atoms with Crippen molar-refractivity contribution in [1.82, 2.24) is 5.32 Å². The zero-order valence-corrected chi connectivity index (χ0v) is 15.2. The van der Waals surface area contributed by atoms with Gasteiger partial charge >= 0.3 is 0 Å². The smallest absolute Gasteiger partial charge is 0.252 e. The summed E-state index contributed by atoms with van der Waals surface area (Å²) in [4.78, 5) is 13.8. The molecule has 3 rings (SSSR count). The highest BCUT2D eigenvalue weighted by molar-refractivity contribution is 7.10. The molecule has 4 nitrogen and oxygen atoms in total. The molecule has 0 saturated heterocycles. The lowest BCUT2D eigenvalue weighted by atomic mass is 10.0. The molecule has 0 fully saturated rings. The van der Waals surface area contributed by atoms with Gasteiger partial charge in [0.2, 0.25) is 0 Å². The molecular weight excluding hydrogens is 353 g/mol. The molecule has 0 bridgehead atoms. The summed E-state index contributed by atoms with van der Waals surface area (Å²) in [6.45, 7) is 0. The largest absolute Gasteiger partial charge is 0.497 e. The lowest BCUT2D eigenvalue weighted by molar-refractivity contribution is 0.0943. The van der Waals surface area contributed by atoms with Crippen molar-refractivity contribution >= 4 is 17.2 Å².